The Balaban J connectivity index is 2.83. The van der Waals surface area contributed by atoms with Crippen LogP contribution < -0.4 is 0 Å². The van der Waals surface area contributed by atoms with Crippen LogP contribution in [0.15, 0.2) is 12.4 Å². The van der Waals surface area contributed by atoms with Gasteiger partial charge in [-0.25, -0.2) is 0 Å². The van der Waals surface area contributed by atoms with Gasteiger partial charge in [-0.1, -0.05) is 20.8 Å². The molecule has 80 valence electrons. The van der Waals surface area contributed by atoms with E-state index in [0.29, 0.717) is 0 Å². The molecule has 0 spiro atoms. The van der Waals surface area contributed by atoms with Crippen molar-refractivity contribution in [3.8, 4) is 0 Å². The highest BCUT2D eigenvalue weighted by Gasteiger charge is 2.28. The minimum Gasteiger partial charge on any atom is -0.413 e. The zero-order valence-electron chi connectivity index (χ0n) is 9.66. The van der Waals surface area contributed by atoms with Gasteiger partial charge in [0.25, 0.3) is 0 Å². The number of rotatable bonds is 3. The average Bonchev–Trinajstić information content (AvgIpc) is 2.49. The molecule has 1 atom stereocenters. The summed E-state index contributed by atoms with van der Waals surface area (Å²) >= 11 is 0. The Labute approximate surface area is 87.6 Å². The van der Waals surface area contributed by atoms with Crippen molar-refractivity contribution >= 4 is 9.04 Å². The van der Waals surface area contributed by atoms with Crippen LogP contribution in [0.5, 0.6) is 0 Å². The summed E-state index contributed by atoms with van der Waals surface area (Å²) in [5.74, 6) is 0. The first-order valence-corrected chi connectivity index (χ1v) is 7.83. The lowest BCUT2D eigenvalue weighted by Gasteiger charge is -2.31. The molecular weight excluding hydrogens is 192 g/mol. The van der Waals surface area contributed by atoms with Crippen LogP contribution in [-0.2, 0) is 4.43 Å². The molecule has 1 aromatic rings. The van der Waals surface area contributed by atoms with E-state index in [0.717, 1.165) is 5.56 Å². The van der Waals surface area contributed by atoms with Gasteiger partial charge in [-0.2, -0.15) is 5.10 Å². The lowest BCUT2D eigenvalue weighted by atomic mass is 9.86. The maximum absolute atomic E-state index is 6.04. The number of nitrogens with zero attached hydrogens (tertiary/aromatic N) is 1. The van der Waals surface area contributed by atoms with Crippen LogP contribution >= 0.6 is 0 Å². The minimum atomic E-state index is -1.01. The minimum absolute atomic E-state index is 0.126. The molecule has 0 aliphatic carbocycles. The Bertz CT molecular complexity index is 264. The molecule has 1 heterocycles. The van der Waals surface area contributed by atoms with E-state index in [1.54, 1.807) is 0 Å². The number of hydrogen-bond acceptors (Lipinski definition) is 2. The topological polar surface area (TPSA) is 37.9 Å². The first kappa shape index (κ1) is 11.5. The van der Waals surface area contributed by atoms with Crippen LogP contribution in [0.2, 0.25) is 13.1 Å². The van der Waals surface area contributed by atoms with Gasteiger partial charge in [0, 0.05) is 11.8 Å². The molecule has 0 aliphatic heterocycles. The molecule has 0 radical (unpaired) electrons. The summed E-state index contributed by atoms with van der Waals surface area (Å²) in [6.07, 6.45) is 3.94. The lowest BCUT2D eigenvalue weighted by Crippen LogP contribution is -2.25. The summed E-state index contributed by atoms with van der Waals surface area (Å²) in [6.45, 7) is 11.0. The number of H-pyrrole nitrogens is 1. The van der Waals surface area contributed by atoms with Crippen molar-refractivity contribution in [1.82, 2.24) is 10.2 Å². The molecule has 0 fully saturated rings. The van der Waals surface area contributed by atoms with Gasteiger partial charge >= 0.3 is 0 Å². The fraction of sp³-hybridized carbons (Fsp3) is 0.700. The molecule has 0 amide bonds. The average molecular weight is 212 g/mol. The molecule has 1 aromatic heterocycles. The van der Waals surface area contributed by atoms with Crippen LogP contribution in [0.25, 0.3) is 0 Å². The van der Waals surface area contributed by atoms with Gasteiger partial charge in [0.05, 0.1) is 12.3 Å². The Hall–Kier alpha value is -0.613. The van der Waals surface area contributed by atoms with Gasteiger partial charge in [0.2, 0.25) is 0 Å². The fourth-order valence-corrected chi connectivity index (χ4v) is 2.57. The highest BCUT2D eigenvalue weighted by molar-refractivity contribution is 6.48. The lowest BCUT2D eigenvalue weighted by molar-refractivity contribution is 0.0866. The molecule has 1 N–H and O–H groups in total. The molecule has 14 heavy (non-hydrogen) atoms. The van der Waals surface area contributed by atoms with E-state index in [2.05, 4.69) is 44.1 Å². The highest BCUT2D eigenvalue weighted by atomic mass is 28.3. The number of aromatic nitrogens is 2. The third-order valence-corrected chi connectivity index (χ3v) is 2.83. The maximum Gasteiger partial charge on any atom is 0.171 e. The molecular formula is C10H20N2OSi. The summed E-state index contributed by atoms with van der Waals surface area (Å²) in [7, 11) is -1.01. The van der Waals surface area contributed by atoms with Gasteiger partial charge in [-0.15, -0.1) is 0 Å². The molecule has 0 aromatic carbocycles. The molecule has 0 bridgehead atoms. The summed E-state index contributed by atoms with van der Waals surface area (Å²) in [5.41, 5.74) is 1.28. The zero-order valence-corrected chi connectivity index (χ0v) is 10.8. The van der Waals surface area contributed by atoms with Crippen LogP contribution in [0, 0.1) is 5.41 Å². The monoisotopic (exact) mass is 212 g/mol. The quantitative estimate of drug-likeness (QED) is 0.782. The molecule has 0 aliphatic rings. The second-order valence-corrected chi connectivity index (χ2v) is 7.33. The molecule has 3 nitrogen and oxygen atoms in total. The van der Waals surface area contributed by atoms with Gasteiger partial charge in [0.1, 0.15) is 0 Å². The second-order valence-electron chi connectivity index (χ2n) is 4.96. The number of nitrogens with one attached hydrogen (secondary N) is 1. The summed E-state index contributed by atoms with van der Waals surface area (Å²) < 4.78 is 6.04. The Morgan fingerprint density at radius 1 is 1.43 bits per heavy atom. The standard InChI is InChI=1S/C10H20N2OSi/c1-10(2,3)9(13-14(4)5)8-6-11-12-7-8/h6-7,9,14H,1-5H3,(H,11,12). The SMILES string of the molecule is C[SiH](C)OC(c1cn[nH]c1)C(C)(C)C. The fourth-order valence-electron chi connectivity index (χ4n) is 1.46. The Morgan fingerprint density at radius 3 is 2.43 bits per heavy atom. The van der Waals surface area contributed by atoms with Crippen molar-refractivity contribution in [2.45, 2.75) is 40.0 Å². The normalized spacial score (nSPS) is 14.7. The third kappa shape index (κ3) is 2.96. The molecule has 1 rings (SSSR count). The number of hydrogen-bond donors (Lipinski definition) is 1. The first-order valence-electron chi connectivity index (χ1n) is 5.05. The zero-order chi connectivity index (χ0) is 10.8. The van der Waals surface area contributed by atoms with Crippen molar-refractivity contribution in [3.63, 3.8) is 0 Å². The van der Waals surface area contributed by atoms with Crippen molar-refractivity contribution in [3.05, 3.63) is 18.0 Å². The van der Waals surface area contributed by atoms with Gasteiger partial charge in [-0.05, 0) is 18.5 Å². The number of aromatic amines is 1. The van der Waals surface area contributed by atoms with E-state index >= 15 is 0 Å². The Morgan fingerprint density at radius 2 is 2.07 bits per heavy atom. The largest absolute Gasteiger partial charge is 0.413 e. The van der Waals surface area contributed by atoms with Crippen molar-refractivity contribution in [1.29, 1.82) is 0 Å². The molecule has 4 heteroatoms. The van der Waals surface area contributed by atoms with Crippen LogP contribution in [-0.4, -0.2) is 19.2 Å². The predicted molar refractivity (Wildman–Crippen MR) is 60.7 cm³/mol. The predicted octanol–water partition coefficient (Wildman–Crippen LogP) is 2.50. The maximum atomic E-state index is 6.04. The van der Waals surface area contributed by atoms with Gasteiger partial charge < -0.3 is 4.43 Å². The van der Waals surface area contributed by atoms with E-state index in [-0.39, 0.29) is 11.5 Å². The molecule has 0 saturated carbocycles. The van der Waals surface area contributed by atoms with Gasteiger partial charge in [-0.3, -0.25) is 5.10 Å². The van der Waals surface area contributed by atoms with Crippen LogP contribution in [0.1, 0.15) is 32.4 Å². The van der Waals surface area contributed by atoms with E-state index < -0.39 is 9.04 Å². The van der Waals surface area contributed by atoms with E-state index in [1.165, 1.54) is 0 Å². The molecule has 0 saturated heterocycles. The summed E-state index contributed by atoms with van der Waals surface area (Å²) in [6, 6.07) is 0. The Kier molecular flexibility index (Phi) is 3.50. The third-order valence-electron chi connectivity index (χ3n) is 2.02. The summed E-state index contributed by atoms with van der Waals surface area (Å²) in [4.78, 5) is 0. The van der Waals surface area contributed by atoms with E-state index in [1.807, 2.05) is 12.4 Å². The van der Waals surface area contributed by atoms with Crippen LogP contribution in [0.4, 0.5) is 0 Å². The summed E-state index contributed by atoms with van der Waals surface area (Å²) in [5, 5.41) is 6.82. The van der Waals surface area contributed by atoms with Gasteiger partial charge in [0.15, 0.2) is 9.04 Å². The van der Waals surface area contributed by atoms with Crippen molar-refractivity contribution < 1.29 is 4.43 Å². The first-order chi connectivity index (χ1) is 6.41. The smallest absolute Gasteiger partial charge is 0.171 e. The van der Waals surface area contributed by atoms with E-state index in [9.17, 15) is 0 Å². The second kappa shape index (κ2) is 4.27. The molecule has 1 unspecified atom stereocenters. The van der Waals surface area contributed by atoms with Crippen LogP contribution in [0.3, 0.4) is 0 Å². The van der Waals surface area contributed by atoms with Crippen molar-refractivity contribution in [2.75, 3.05) is 0 Å². The highest BCUT2D eigenvalue weighted by Crippen LogP contribution is 2.35. The van der Waals surface area contributed by atoms with E-state index in [4.69, 9.17) is 4.43 Å². The van der Waals surface area contributed by atoms with Crippen molar-refractivity contribution in [2.24, 2.45) is 5.41 Å².